The summed E-state index contributed by atoms with van der Waals surface area (Å²) in [4.78, 5) is 2.60. The van der Waals surface area contributed by atoms with Crippen molar-refractivity contribution in [3.05, 3.63) is 11.3 Å². The molecule has 1 aromatic heterocycles. The average Bonchev–Trinajstić information content (AvgIpc) is 2.91. The fourth-order valence-corrected chi connectivity index (χ4v) is 3.78. The van der Waals surface area contributed by atoms with Gasteiger partial charge in [0, 0.05) is 20.1 Å². The summed E-state index contributed by atoms with van der Waals surface area (Å²) in [6, 6.07) is 0. The first kappa shape index (κ1) is 13.0. The molecule has 1 aromatic rings. The number of nitrogens with zero attached hydrogens (tertiary/aromatic N) is 3. The first-order valence-electron chi connectivity index (χ1n) is 7.48. The normalized spacial score (nSPS) is 21.8. The van der Waals surface area contributed by atoms with Gasteiger partial charge in [0.2, 0.25) is 5.88 Å². The predicted molar refractivity (Wildman–Crippen MR) is 75.3 cm³/mol. The zero-order valence-electron chi connectivity index (χ0n) is 12.4. The summed E-state index contributed by atoms with van der Waals surface area (Å²) >= 11 is 0. The summed E-state index contributed by atoms with van der Waals surface area (Å²) in [7, 11) is 3.72. The van der Waals surface area contributed by atoms with E-state index in [9.17, 15) is 0 Å². The summed E-state index contributed by atoms with van der Waals surface area (Å²) < 4.78 is 7.41. The number of aromatic nitrogens is 2. The lowest BCUT2D eigenvalue weighted by molar-refractivity contribution is 0.137. The number of likely N-dealkylation sites (tertiary alicyclic amines) is 1. The van der Waals surface area contributed by atoms with Gasteiger partial charge in [-0.2, -0.15) is 5.10 Å². The van der Waals surface area contributed by atoms with E-state index in [0.717, 1.165) is 18.8 Å². The zero-order chi connectivity index (χ0) is 13.5. The van der Waals surface area contributed by atoms with Crippen molar-refractivity contribution in [3.63, 3.8) is 0 Å². The highest BCUT2D eigenvalue weighted by molar-refractivity contribution is 5.32. The van der Waals surface area contributed by atoms with Gasteiger partial charge in [0.15, 0.2) is 0 Å². The van der Waals surface area contributed by atoms with E-state index in [1.807, 2.05) is 11.7 Å². The lowest BCUT2D eigenvalue weighted by atomic mass is 9.68. The first-order valence-corrected chi connectivity index (χ1v) is 7.48. The molecule has 0 atom stereocenters. The van der Waals surface area contributed by atoms with Crippen LogP contribution in [0.2, 0.25) is 0 Å². The molecule has 1 saturated carbocycles. The Labute approximate surface area is 115 Å². The minimum Gasteiger partial charge on any atom is -0.481 e. The van der Waals surface area contributed by atoms with Crippen LogP contribution in [0.25, 0.3) is 0 Å². The van der Waals surface area contributed by atoms with Gasteiger partial charge in [-0.1, -0.05) is 13.3 Å². The molecule has 2 heterocycles. The van der Waals surface area contributed by atoms with Crippen molar-refractivity contribution >= 4 is 0 Å². The van der Waals surface area contributed by atoms with Gasteiger partial charge < -0.3 is 4.74 Å². The highest BCUT2D eigenvalue weighted by Crippen LogP contribution is 2.48. The van der Waals surface area contributed by atoms with Crippen LogP contribution in [0.5, 0.6) is 5.88 Å². The third-order valence-corrected chi connectivity index (χ3v) is 5.01. The van der Waals surface area contributed by atoms with E-state index in [1.165, 1.54) is 50.0 Å². The summed E-state index contributed by atoms with van der Waals surface area (Å²) in [6.45, 7) is 5.68. The van der Waals surface area contributed by atoms with E-state index < -0.39 is 0 Å². The topological polar surface area (TPSA) is 30.3 Å². The van der Waals surface area contributed by atoms with Crippen LogP contribution < -0.4 is 4.74 Å². The quantitative estimate of drug-likeness (QED) is 0.835. The van der Waals surface area contributed by atoms with E-state index in [4.69, 9.17) is 4.74 Å². The maximum Gasteiger partial charge on any atom is 0.216 e. The minimum absolute atomic E-state index is 0.668. The molecule has 106 valence electrons. The maximum absolute atomic E-state index is 5.53. The fourth-order valence-electron chi connectivity index (χ4n) is 3.78. The van der Waals surface area contributed by atoms with Gasteiger partial charge in [-0.3, -0.25) is 4.90 Å². The molecule has 19 heavy (non-hydrogen) atoms. The second-order valence-electron chi connectivity index (χ2n) is 6.23. The molecule has 1 saturated heterocycles. The Morgan fingerprint density at radius 2 is 2.11 bits per heavy atom. The number of hydrogen-bond acceptors (Lipinski definition) is 3. The molecular formula is C15H25N3O. The van der Waals surface area contributed by atoms with Gasteiger partial charge in [0.25, 0.3) is 0 Å². The molecule has 0 aromatic carbocycles. The van der Waals surface area contributed by atoms with Crippen LogP contribution in [-0.4, -0.2) is 34.9 Å². The van der Waals surface area contributed by atoms with Crippen molar-refractivity contribution in [1.82, 2.24) is 14.7 Å². The lowest BCUT2D eigenvalue weighted by Gasteiger charge is -2.38. The highest BCUT2D eigenvalue weighted by Gasteiger charge is 2.42. The molecule has 3 rings (SSSR count). The van der Waals surface area contributed by atoms with Crippen LogP contribution >= 0.6 is 0 Å². The van der Waals surface area contributed by atoms with E-state index in [1.54, 1.807) is 7.11 Å². The molecule has 0 radical (unpaired) electrons. The molecule has 1 aliphatic carbocycles. The monoisotopic (exact) mass is 263 g/mol. The predicted octanol–water partition coefficient (Wildman–Crippen LogP) is 2.37. The average molecular weight is 263 g/mol. The number of hydrogen-bond donors (Lipinski definition) is 0. The van der Waals surface area contributed by atoms with Crippen LogP contribution in [0.4, 0.5) is 0 Å². The first-order chi connectivity index (χ1) is 9.17. The Morgan fingerprint density at radius 3 is 2.63 bits per heavy atom. The number of aryl methyl sites for hydroxylation is 2. The van der Waals surface area contributed by atoms with Crippen LogP contribution in [-0.2, 0) is 20.0 Å². The molecule has 0 bridgehead atoms. The Bertz CT molecular complexity index is 462. The van der Waals surface area contributed by atoms with E-state index in [-0.39, 0.29) is 0 Å². The fraction of sp³-hybridized carbons (Fsp3) is 0.800. The van der Waals surface area contributed by atoms with Gasteiger partial charge in [0.05, 0.1) is 18.4 Å². The van der Waals surface area contributed by atoms with E-state index >= 15 is 0 Å². The van der Waals surface area contributed by atoms with Crippen LogP contribution in [0, 0.1) is 5.41 Å². The summed E-state index contributed by atoms with van der Waals surface area (Å²) in [5, 5.41) is 4.58. The molecule has 4 nitrogen and oxygen atoms in total. The third kappa shape index (κ3) is 2.16. The molecule has 2 fully saturated rings. The Balaban J connectivity index is 1.76. The van der Waals surface area contributed by atoms with Gasteiger partial charge in [0.1, 0.15) is 0 Å². The number of rotatable bonds is 4. The van der Waals surface area contributed by atoms with Gasteiger partial charge in [-0.15, -0.1) is 0 Å². The zero-order valence-corrected chi connectivity index (χ0v) is 12.4. The van der Waals surface area contributed by atoms with Crippen LogP contribution in [0.3, 0.4) is 0 Å². The van der Waals surface area contributed by atoms with Crippen molar-refractivity contribution in [1.29, 1.82) is 0 Å². The van der Waals surface area contributed by atoms with Crippen molar-refractivity contribution in [2.75, 3.05) is 20.2 Å². The van der Waals surface area contributed by atoms with E-state index in [0.29, 0.717) is 5.41 Å². The van der Waals surface area contributed by atoms with Gasteiger partial charge in [-0.25, -0.2) is 4.68 Å². The SMILES string of the molecule is CCc1nn(C)c(OC)c1CN1CCC2(CCC2)C1. The van der Waals surface area contributed by atoms with Crippen molar-refractivity contribution in [2.45, 2.75) is 45.6 Å². The molecule has 1 spiro atoms. The molecule has 4 heteroatoms. The summed E-state index contributed by atoms with van der Waals surface area (Å²) in [5.74, 6) is 0.936. The van der Waals surface area contributed by atoms with Crippen molar-refractivity contribution < 1.29 is 4.74 Å². The van der Waals surface area contributed by atoms with Crippen LogP contribution in [0.1, 0.15) is 43.9 Å². The second kappa shape index (κ2) is 4.82. The van der Waals surface area contributed by atoms with Crippen molar-refractivity contribution in [2.24, 2.45) is 12.5 Å². The summed E-state index contributed by atoms with van der Waals surface area (Å²) in [6.07, 6.45) is 6.68. The van der Waals surface area contributed by atoms with Gasteiger partial charge >= 0.3 is 0 Å². The van der Waals surface area contributed by atoms with E-state index in [2.05, 4.69) is 16.9 Å². The Kier molecular flexibility index (Phi) is 3.29. The summed E-state index contributed by atoms with van der Waals surface area (Å²) in [5.41, 5.74) is 3.15. The molecule has 2 aliphatic rings. The second-order valence-corrected chi connectivity index (χ2v) is 6.23. The lowest BCUT2D eigenvalue weighted by Crippen LogP contribution is -2.33. The maximum atomic E-state index is 5.53. The van der Waals surface area contributed by atoms with Crippen LogP contribution in [0.15, 0.2) is 0 Å². The molecular weight excluding hydrogens is 238 g/mol. The highest BCUT2D eigenvalue weighted by atomic mass is 16.5. The molecule has 0 amide bonds. The smallest absolute Gasteiger partial charge is 0.216 e. The third-order valence-electron chi connectivity index (χ3n) is 5.01. The molecule has 0 N–H and O–H groups in total. The molecule has 1 aliphatic heterocycles. The standard InChI is InChI=1S/C15H25N3O/c1-4-13-12(14(19-3)17(2)16-13)10-18-9-8-15(11-18)6-5-7-15/h4-11H2,1-3H3. The molecule has 0 unspecified atom stereocenters. The number of methoxy groups -OCH3 is 1. The largest absolute Gasteiger partial charge is 0.481 e. The van der Waals surface area contributed by atoms with Crippen molar-refractivity contribution in [3.8, 4) is 5.88 Å². The Morgan fingerprint density at radius 1 is 1.32 bits per heavy atom. The Hall–Kier alpha value is -1.03. The number of ether oxygens (including phenoxy) is 1. The van der Waals surface area contributed by atoms with Gasteiger partial charge in [-0.05, 0) is 37.6 Å². The minimum atomic E-state index is 0.668.